The summed E-state index contributed by atoms with van der Waals surface area (Å²) in [6, 6.07) is 15.4. The van der Waals surface area contributed by atoms with E-state index in [1.165, 1.54) is 4.90 Å². The van der Waals surface area contributed by atoms with E-state index in [1.54, 1.807) is 49.5 Å². The van der Waals surface area contributed by atoms with Gasteiger partial charge in [-0.15, -0.1) is 0 Å². The van der Waals surface area contributed by atoms with Gasteiger partial charge in [0.1, 0.15) is 0 Å². The molecule has 0 saturated heterocycles. The molecule has 3 aromatic carbocycles. The summed E-state index contributed by atoms with van der Waals surface area (Å²) in [5.41, 5.74) is 0.0675. The number of fused-ring (bicyclic) bond motifs is 1. The van der Waals surface area contributed by atoms with Crippen LogP contribution in [0.25, 0.3) is 0 Å². The molecule has 1 unspecified atom stereocenters. The van der Waals surface area contributed by atoms with Crippen molar-refractivity contribution in [2.24, 2.45) is 0 Å². The summed E-state index contributed by atoms with van der Waals surface area (Å²) in [6.45, 7) is 1.84. The molecule has 30 heavy (non-hydrogen) atoms. The van der Waals surface area contributed by atoms with Gasteiger partial charge in [0.25, 0.3) is 11.8 Å². The van der Waals surface area contributed by atoms with Gasteiger partial charge in [0.2, 0.25) is 0 Å². The highest BCUT2D eigenvalue weighted by molar-refractivity contribution is 6.12. The van der Waals surface area contributed by atoms with E-state index >= 15 is 0 Å². The molecule has 0 spiro atoms. The lowest BCUT2D eigenvalue weighted by Gasteiger charge is -2.30. The van der Waals surface area contributed by atoms with Crippen LogP contribution in [0, 0.1) is 24.4 Å². The van der Waals surface area contributed by atoms with E-state index in [4.69, 9.17) is 0 Å². The van der Waals surface area contributed by atoms with Gasteiger partial charge in [-0.3, -0.25) is 9.59 Å². The molecular weight excluding hydrogens is 393 g/mol. The van der Waals surface area contributed by atoms with Crippen LogP contribution in [0.15, 0.2) is 60.7 Å². The Kier molecular flexibility index (Phi) is 4.61. The Bertz CT molecular complexity index is 1180. The van der Waals surface area contributed by atoms with Crippen LogP contribution in [0.5, 0.6) is 0 Å². The molecule has 4 rings (SSSR count). The molecular formula is C23H17F3N2O2. The first-order valence-electron chi connectivity index (χ1n) is 9.18. The summed E-state index contributed by atoms with van der Waals surface area (Å²) < 4.78 is 41.3. The second-order valence-electron chi connectivity index (χ2n) is 7.18. The number of halogens is 3. The topological polar surface area (TPSA) is 49.4 Å². The van der Waals surface area contributed by atoms with Gasteiger partial charge in [-0.05, 0) is 30.7 Å². The van der Waals surface area contributed by atoms with E-state index in [-0.39, 0.29) is 0 Å². The van der Waals surface area contributed by atoms with Crippen LogP contribution in [0.1, 0.15) is 27.0 Å². The molecule has 152 valence electrons. The summed E-state index contributed by atoms with van der Waals surface area (Å²) in [5, 5.41) is 2.62. The third-order valence-electron chi connectivity index (χ3n) is 5.33. The van der Waals surface area contributed by atoms with Gasteiger partial charge in [0, 0.05) is 18.3 Å². The number of hydrogen-bond acceptors (Lipinski definition) is 2. The van der Waals surface area contributed by atoms with Crippen LogP contribution in [0.4, 0.5) is 18.9 Å². The Labute approximate surface area is 170 Å². The molecule has 1 atom stereocenters. The lowest BCUT2D eigenvalue weighted by atomic mass is 9.83. The lowest BCUT2D eigenvalue weighted by molar-refractivity contribution is -0.122. The smallest absolute Gasteiger partial charge is 0.261 e. The summed E-state index contributed by atoms with van der Waals surface area (Å²) in [7, 11) is 1.57. The highest BCUT2D eigenvalue weighted by Gasteiger charge is 2.52. The average molecular weight is 410 g/mol. The van der Waals surface area contributed by atoms with Gasteiger partial charge in [0.05, 0.1) is 5.56 Å². The van der Waals surface area contributed by atoms with Crippen molar-refractivity contribution in [1.82, 2.24) is 5.32 Å². The standard InChI is InChI=1S/C23H17F3N2O2/c1-13-8-11-18-16(12-13)23(22(30)28(18)2,14-6-4-3-5-7-14)27-21(29)15-9-10-17(24)20(26)19(15)25/h3-12H,1-2H3,(H,27,29). The molecule has 0 saturated carbocycles. The molecule has 1 aliphatic rings. The minimum Gasteiger partial charge on any atom is -0.330 e. The first-order valence-corrected chi connectivity index (χ1v) is 9.18. The highest BCUT2D eigenvalue weighted by Crippen LogP contribution is 2.44. The largest absolute Gasteiger partial charge is 0.330 e. The molecule has 3 aromatic rings. The third-order valence-corrected chi connectivity index (χ3v) is 5.33. The number of carbonyl (C=O) groups is 2. The second kappa shape index (κ2) is 7.02. The van der Waals surface area contributed by atoms with E-state index in [9.17, 15) is 22.8 Å². The van der Waals surface area contributed by atoms with Crippen molar-refractivity contribution in [3.63, 3.8) is 0 Å². The molecule has 7 heteroatoms. The highest BCUT2D eigenvalue weighted by atomic mass is 19.2. The van der Waals surface area contributed by atoms with Crippen LogP contribution in [0.3, 0.4) is 0 Å². The van der Waals surface area contributed by atoms with Crippen molar-refractivity contribution >= 4 is 17.5 Å². The van der Waals surface area contributed by atoms with Crippen molar-refractivity contribution in [3.05, 3.63) is 100 Å². The Morgan fingerprint density at radius 1 is 0.967 bits per heavy atom. The van der Waals surface area contributed by atoms with Gasteiger partial charge in [-0.1, -0.05) is 48.0 Å². The zero-order valence-corrected chi connectivity index (χ0v) is 16.2. The number of amides is 2. The van der Waals surface area contributed by atoms with Gasteiger partial charge in [-0.2, -0.15) is 0 Å². The van der Waals surface area contributed by atoms with E-state index in [0.29, 0.717) is 22.9 Å². The van der Waals surface area contributed by atoms with Crippen molar-refractivity contribution < 1.29 is 22.8 Å². The predicted octanol–water partition coefficient (Wildman–Crippen LogP) is 4.06. The number of carbonyl (C=O) groups excluding carboxylic acids is 2. The molecule has 1 N–H and O–H groups in total. The number of likely N-dealkylation sites (N-methyl/N-ethyl adjacent to an activating group) is 1. The van der Waals surface area contributed by atoms with Gasteiger partial charge >= 0.3 is 0 Å². The number of rotatable bonds is 3. The van der Waals surface area contributed by atoms with Gasteiger partial charge in [0.15, 0.2) is 23.0 Å². The molecule has 0 aliphatic carbocycles. The molecule has 1 heterocycles. The van der Waals surface area contributed by atoms with E-state index in [2.05, 4.69) is 5.32 Å². The van der Waals surface area contributed by atoms with Crippen LogP contribution in [-0.2, 0) is 10.3 Å². The average Bonchev–Trinajstić information content (AvgIpc) is 2.94. The summed E-state index contributed by atoms with van der Waals surface area (Å²) >= 11 is 0. The zero-order chi connectivity index (χ0) is 21.6. The molecule has 0 radical (unpaired) electrons. The Hall–Kier alpha value is -3.61. The minimum absolute atomic E-state index is 0.453. The maximum Gasteiger partial charge on any atom is 0.261 e. The normalized spacial score (nSPS) is 17.8. The van der Waals surface area contributed by atoms with Crippen molar-refractivity contribution in [1.29, 1.82) is 0 Å². The van der Waals surface area contributed by atoms with Crippen LogP contribution in [-0.4, -0.2) is 18.9 Å². The number of anilines is 1. The number of nitrogens with one attached hydrogen (secondary N) is 1. The Balaban J connectivity index is 1.92. The monoisotopic (exact) mass is 410 g/mol. The molecule has 0 bridgehead atoms. The van der Waals surface area contributed by atoms with E-state index in [1.807, 2.05) is 13.0 Å². The number of nitrogens with zero attached hydrogens (tertiary/aromatic N) is 1. The van der Waals surface area contributed by atoms with Crippen molar-refractivity contribution in [2.45, 2.75) is 12.5 Å². The first-order chi connectivity index (χ1) is 14.3. The maximum absolute atomic E-state index is 14.3. The molecule has 0 fully saturated rings. The SMILES string of the molecule is Cc1ccc2c(c1)C(NC(=O)c1ccc(F)c(F)c1F)(c1ccccc1)C(=O)N2C. The fourth-order valence-corrected chi connectivity index (χ4v) is 3.82. The lowest BCUT2D eigenvalue weighted by Crippen LogP contribution is -2.53. The summed E-state index contributed by atoms with van der Waals surface area (Å²) in [4.78, 5) is 27.9. The number of aryl methyl sites for hydroxylation is 1. The molecule has 1 aliphatic heterocycles. The maximum atomic E-state index is 14.3. The molecule has 2 amide bonds. The number of hydrogen-bond donors (Lipinski definition) is 1. The Morgan fingerprint density at radius 3 is 2.37 bits per heavy atom. The predicted molar refractivity (Wildman–Crippen MR) is 106 cm³/mol. The third kappa shape index (κ3) is 2.77. The molecule has 4 nitrogen and oxygen atoms in total. The van der Waals surface area contributed by atoms with E-state index < -0.39 is 40.4 Å². The summed E-state index contributed by atoms with van der Waals surface area (Å²) in [6.07, 6.45) is 0. The first kappa shape index (κ1) is 19.7. The second-order valence-corrected chi connectivity index (χ2v) is 7.18. The number of benzene rings is 3. The summed E-state index contributed by atoms with van der Waals surface area (Å²) in [5.74, 6) is -6.25. The fourth-order valence-electron chi connectivity index (χ4n) is 3.82. The molecule has 0 aromatic heterocycles. The van der Waals surface area contributed by atoms with E-state index in [0.717, 1.165) is 11.6 Å². The quantitative estimate of drug-likeness (QED) is 0.662. The van der Waals surface area contributed by atoms with Crippen molar-refractivity contribution in [2.75, 3.05) is 11.9 Å². The Morgan fingerprint density at radius 2 is 1.67 bits per heavy atom. The van der Waals surface area contributed by atoms with Gasteiger partial charge in [-0.25, -0.2) is 13.2 Å². The van der Waals surface area contributed by atoms with Gasteiger partial charge < -0.3 is 10.2 Å². The van der Waals surface area contributed by atoms with Crippen LogP contribution in [0.2, 0.25) is 0 Å². The fraction of sp³-hybridized carbons (Fsp3) is 0.130. The minimum atomic E-state index is -1.75. The zero-order valence-electron chi connectivity index (χ0n) is 16.2. The van der Waals surface area contributed by atoms with Crippen LogP contribution >= 0.6 is 0 Å². The van der Waals surface area contributed by atoms with Crippen molar-refractivity contribution in [3.8, 4) is 0 Å². The van der Waals surface area contributed by atoms with Crippen LogP contribution < -0.4 is 10.2 Å².